The summed E-state index contributed by atoms with van der Waals surface area (Å²) in [6.07, 6.45) is 10.0. The Kier molecular flexibility index (Phi) is 10.7. The zero-order chi connectivity index (χ0) is 30.1. The van der Waals surface area contributed by atoms with Gasteiger partial charge in [0.15, 0.2) is 0 Å². The lowest BCUT2D eigenvalue weighted by Crippen LogP contribution is -2.56. The Bertz CT molecular complexity index is 962. The number of aliphatic hydroxyl groups excluding tert-OH is 5. The Morgan fingerprint density at radius 1 is 1.05 bits per heavy atom. The minimum Gasteiger partial charge on any atom is -0.396 e. The largest absolute Gasteiger partial charge is 0.396 e. The maximum absolute atomic E-state index is 10.7. The van der Waals surface area contributed by atoms with Crippen LogP contribution in [0.25, 0.3) is 0 Å². The van der Waals surface area contributed by atoms with Crippen LogP contribution in [0, 0.1) is 34.5 Å². The molecule has 4 rings (SSSR count). The van der Waals surface area contributed by atoms with E-state index >= 15 is 0 Å². The van der Waals surface area contributed by atoms with Crippen LogP contribution in [0.4, 0.5) is 0 Å². The number of ether oxygens (including phenoxy) is 1. The molecule has 6 heteroatoms. The Hall–Kier alpha value is -1.02. The Labute approximate surface area is 248 Å². The van der Waals surface area contributed by atoms with Crippen LogP contribution in [-0.4, -0.2) is 68.8 Å². The van der Waals surface area contributed by atoms with Gasteiger partial charge in [0, 0.05) is 18.9 Å². The zero-order valence-corrected chi connectivity index (χ0v) is 26.3. The minimum atomic E-state index is -1.38. The predicted octanol–water partition coefficient (Wildman–Crippen LogP) is 5.47. The summed E-state index contributed by atoms with van der Waals surface area (Å²) >= 11 is 0. The third-order valence-electron chi connectivity index (χ3n) is 11.2. The fourth-order valence-corrected chi connectivity index (χ4v) is 8.76. The second-order valence-corrected chi connectivity index (χ2v) is 15.4. The van der Waals surface area contributed by atoms with Crippen molar-refractivity contribution in [3.05, 3.63) is 35.5 Å². The Morgan fingerprint density at radius 3 is 2.46 bits per heavy atom. The first-order valence-corrected chi connectivity index (χ1v) is 16.3. The van der Waals surface area contributed by atoms with Gasteiger partial charge in [-0.3, -0.25) is 0 Å². The molecule has 0 aliphatic heterocycles. The van der Waals surface area contributed by atoms with Crippen molar-refractivity contribution < 1.29 is 30.3 Å². The van der Waals surface area contributed by atoms with E-state index in [9.17, 15) is 25.5 Å². The summed E-state index contributed by atoms with van der Waals surface area (Å²) in [4.78, 5) is 0. The lowest BCUT2D eigenvalue weighted by Gasteiger charge is -2.44. The van der Waals surface area contributed by atoms with Crippen molar-refractivity contribution in [2.75, 3.05) is 6.61 Å². The van der Waals surface area contributed by atoms with Gasteiger partial charge in [0.25, 0.3) is 0 Å². The van der Waals surface area contributed by atoms with Gasteiger partial charge in [0.2, 0.25) is 0 Å². The maximum Gasteiger partial charge on any atom is 0.109 e. The summed E-state index contributed by atoms with van der Waals surface area (Å²) in [6, 6.07) is 0. The highest BCUT2D eigenvalue weighted by Crippen LogP contribution is 2.60. The van der Waals surface area contributed by atoms with Gasteiger partial charge in [-0.1, -0.05) is 71.8 Å². The smallest absolute Gasteiger partial charge is 0.109 e. The van der Waals surface area contributed by atoms with Gasteiger partial charge in [-0.15, -0.1) is 0 Å². The van der Waals surface area contributed by atoms with Crippen molar-refractivity contribution in [3.8, 4) is 0 Å². The molecule has 234 valence electrons. The Morgan fingerprint density at radius 2 is 1.78 bits per heavy atom. The molecule has 0 amide bonds. The van der Waals surface area contributed by atoms with Gasteiger partial charge >= 0.3 is 0 Å². The SMILES string of the molecule is C=C1/C(=C\C=C2/CCC[C@@]3(C)C2CC[C@@H]3C(C)CCCC(C)(C)C)C[C@@H](O)C[C@@H]1OC1CC(CO)C(O)C(O)C1O. The first kappa shape index (κ1) is 32.9. The molecule has 4 aliphatic rings. The third kappa shape index (κ3) is 7.38. The summed E-state index contributed by atoms with van der Waals surface area (Å²) in [5.74, 6) is 1.55. The van der Waals surface area contributed by atoms with Gasteiger partial charge in [-0.2, -0.15) is 0 Å². The van der Waals surface area contributed by atoms with E-state index in [4.69, 9.17) is 4.74 Å². The van der Waals surface area contributed by atoms with Crippen LogP contribution in [0.5, 0.6) is 0 Å². The van der Waals surface area contributed by atoms with Crippen molar-refractivity contribution in [1.82, 2.24) is 0 Å². The van der Waals surface area contributed by atoms with E-state index < -0.39 is 42.5 Å². The average Bonchev–Trinajstić information content (AvgIpc) is 3.26. The molecule has 4 fully saturated rings. The summed E-state index contributed by atoms with van der Waals surface area (Å²) < 4.78 is 6.23. The van der Waals surface area contributed by atoms with E-state index in [-0.39, 0.29) is 13.0 Å². The summed E-state index contributed by atoms with van der Waals surface area (Å²) in [5, 5.41) is 51.4. The van der Waals surface area contributed by atoms with Crippen LogP contribution in [0.3, 0.4) is 0 Å². The highest BCUT2D eigenvalue weighted by atomic mass is 16.5. The fourth-order valence-electron chi connectivity index (χ4n) is 8.76. The molecule has 4 aliphatic carbocycles. The molecule has 11 atom stereocenters. The highest BCUT2D eigenvalue weighted by molar-refractivity contribution is 5.39. The van der Waals surface area contributed by atoms with Crippen LogP contribution >= 0.6 is 0 Å². The molecule has 0 aromatic rings. The molecule has 4 saturated carbocycles. The van der Waals surface area contributed by atoms with Gasteiger partial charge in [-0.05, 0) is 91.1 Å². The first-order valence-electron chi connectivity index (χ1n) is 16.3. The van der Waals surface area contributed by atoms with E-state index in [2.05, 4.69) is 53.3 Å². The maximum atomic E-state index is 10.7. The highest BCUT2D eigenvalue weighted by Gasteiger charge is 2.50. The van der Waals surface area contributed by atoms with E-state index in [0.717, 1.165) is 29.4 Å². The topological polar surface area (TPSA) is 110 Å². The van der Waals surface area contributed by atoms with Gasteiger partial charge < -0.3 is 30.3 Å². The van der Waals surface area contributed by atoms with Crippen molar-refractivity contribution in [3.63, 3.8) is 0 Å². The van der Waals surface area contributed by atoms with E-state index in [1.807, 2.05) is 0 Å². The molecule has 0 radical (unpaired) electrons. The summed E-state index contributed by atoms with van der Waals surface area (Å²) in [7, 11) is 0. The first-order chi connectivity index (χ1) is 19.2. The van der Waals surface area contributed by atoms with Gasteiger partial charge in [0.1, 0.15) is 12.2 Å². The van der Waals surface area contributed by atoms with Crippen LogP contribution in [0.1, 0.15) is 105 Å². The molecule has 0 spiro atoms. The van der Waals surface area contributed by atoms with E-state index in [1.165, 1.54) is 50.5 Å². The van der Waals surface area contributed by atoms with Crippen LogP contribution in [-0.2, 0) is 4.74 Å². The molecule has 0 saturated heterocycles. The summed E-state index contributed by atoms with van der Waals surface area (Å²) in [5.41, 5.74) is 4.06. The predicted molar refractivity (Wildman–Crippen MR) is 163 cm³/mol. The number of hydrogen-bond donors (Lipinski definition) is 5. The van der Waals surface area contributed by atoms with Crippen molar-refractivity contribution in [2.24, 2.45) is 34.5 Å². The minimum absolute atomic E-state index is 0.231. The Balaban J connectivity index is 1.44. The lowest BCUT2D eigenvalue weighted by atomic mass is 9.60. The zero-order valence-electron chi connectivity index (χ0n) is 26.3. The van der Waals surface area contributed by atoms with Gasteiger partial charge in [0.05, 0.1) is 24.4 Å². The van der Waals surface area contributed by atoms with Crippen LogP contribution in [0.2, 0.25) is 0 Å². The molecule has 0 bridgehead atoms. The number of hydrogen-bond acceptors (Lipinski definition) is 6. The molecule has 5 N–H and O–H groups in total. The molecule has 6 nitrogen and oxygen atoms in total. The quantitative estimate of drug-likeness (QED) is 0.263. The van der Waals surface area contributed by atoms with E-state index in [1.54, 1.807) is 0 Å². The standard InChI is InChI=1S/C35H58O6/c1-21(9-7-15-34(3,4)5)27-13-14-28-23(10-8-16-35(27,28)6)11-12-24-17-26(37)19-29(22(24)2)41-30-18-25(20-36)31(38)33(40)32(30)39/h11-12,21,25-33,36-40H,2,7-10,13-20H2,1,3-6H3/b23-11+,24-12-/t21?,25?,26-,27-,28?,29+,30?,31?,32?,33?,35-/m1/s1. The number of fused-ring (bicyclic) bond motifs is 1. The van der Waals surface area contributed by atoms with Crippen LogP contribution in [0.15, 0.2) is 35.5 Å². The fraction of sp³-hybridized carbons (Fsp3) is 0.829. The number of rotatable bonds is 8. The van der Waals surface area contributed by atoms with Crippen LogP contribution < -0.4 is 0 Å². The number of allylic oxidation sites excluding steroid dienone is 3. The molecular formula is C35H58O6. The molecule has 7 unspecified atom stereocenters. The van der Waals surface area contributed by atoms with Crippen molar-refractivity contribution >= 4 is 0 Å². The van der Waals surface area contributed by atoms with Crippen molar-refractivity contribution in [2.45, 2.75) is 142 Å². The molecule has 41 heavy (non-hydrogen) atoms. The molecular weight excluding hydrogens is 516 g/mol. The number of aliphatic hydroxyl groups is 5. The van der Waals surface area contributed by atoms with E-state index in [0.29, 0.717) is 29.6 Å². The van der Waals surface area contributed by atoms with Gasteiger partial charge in [-0.25, -0.2) is 0 Å². The third-order valence-corrected chi connectivity index (χ3v) is 11.2. The average molecular weight is 575 g/mol. The normalized spacial score (nSPS) is 43.0. The molecule has 0 heterocycles. The van der Waals surface area contributed by atoms with Crippen molar-refractivity contribution in [1.29, 1.82) is 0 Å². The molecule has 0 aromatic carbocycles. The lowest BCUT2D eigenvalue weighted by molar-refractivity contribution is -0.189. The monoisotopic (exact) mass is 574 g/mol. The molecule has 0 aromatic heterocycles. The second-order valence-electron chi connectivity index (χ2n) is 15.4. The summed E-state index contributed by atoms with van der Waals surface area (Å²) in [6.45, 7) is 16.1. The second kappa shape index (κ2) is 13.3.